The summed E-state index contributed by atoms with van der Waals surface area (Å²) in [5.74, 6) is 2.76. The van der Waals surface area contributed by atoms with E-state index in [9.17, 15) is 4.79 Å². The van der Waals surface area contributed by atoms with Crippen molar-refractivity contribution in [3.63, 3.8) is 0 Å². The number of nitrogens with zero attached hydrogens (tertiary/aromatic N) is 2. The Hall–Kier alpha value is -3.68. The third-order valence-electron chi connectivity index (χ3n) is 4.90. The summed E-state index contributed by atoms with van der Waals surface area (Å²) >= 11 is 0. The number of aryl methyl sites for hydroxylation is 1. The molecule has 0 saturated heterocycles. The molecule has 1 aromatic heterocycles. The number of benzene rings is 2. The van der Waals surface area contributed by atoms with Crippen LogP contribution >= 0.6 is 0 Å². The third kappa shape index (κ3) is 4.17. The van der Waals surface area contributed by atoms with Gasteiger partial charge in [0.1, 0.15) is 24.2 Å². The fourth-order valence-corrected chi connectivity index (χ4v) is 3.39. The summed E-state index contributed by atoms with van der Waals surface area (Å²) in [7, 11) is 3.49. The number of amides is 2. The van der Waals surface area contributed by atoms with E-state index in [0.29, 0.717) is 36.2 Å². The zero-order valence-electron chi connectivity index (χ0n) is 16.9. The second kappa shape index (κ2) is 8.77. The zero-order valence-corrected chi connectivity index (χ0v) is 16.9. The average molecular weight is 408 g/mol. The zero-order chi connectivity index (χ0) is 20.9. The van der Waals surface area contributed by atoms with Crippen LogP contribution in [0.15, 0.2) is 60.9 Å². The number of nitrogens with one attached hydrogen (secondary N) is 2. The molecule has 0 saturated carbocycles. The molecule has 30 heavy (non-hydrogen) atoms. The minimum absolute atomic E-state index is 0.275. The normalized spacial score (nSPS) is 15.9. The van der Waals surface area contributed by atoms with E-state index in [1.54, 1.807) is 13.3 Å². The molecule has 2 heterocycles. The highest BCUT2D eigenvalue weighted by Crippen LogP contribution is 2.31. The van der Waals surface area contributed by atoms with Gasteiger partial charge < -0.3 is 29.4 Å². The molecule has 2 aromatic carbocycles. The van der Waals surface area contributed by atoms with E-state index >= 15 is 0 Å². The van der Waals surface area contributed by atoms with Crippen LogP contribution < -0.4 is 24.8 Å². The molecule has 4 rings (SSSR count). The Kier molecular flexibility index (Phi) is 5.74. The molecule has 156 valence electrons. The van der Waals surface area contributed by atoms with Crippen molar-refractivity contribution < 1.29 is 19.0 Å². The van der Waals surface area contributed by atoms with Gasteiger partial charge in [-0.05, 0) is 18.2 Å². The lowest BCUT2D eigenvalue weighted by atomic mass is 10.0. The van der Waals surface area contributed by atoms with Crippen molar-refractivity contribution in [1.82, 2.24) is 20.2 Å². The molecule has 1 aliphatic heterocycles. The predicted octanol–water partition coefficient (Wildman–Crippen LogP) is 2.66. The number of fused-ring (bicyclic) bond motifs is 1. The van der Waals surface area contributed by atoms with Gasteiger partial charge >= 0.3 is 6.03 Å². The first-order valence-electron chi connectivity index (χ1n) is 9.68. The van der Waals surface area contributed by atoms with Gasteiger partial charge in [0.15, 0.2) is 17.6 Å². The minimum atomic E-state index is -0.481. The molecule has 8 heteroatoms. The van der Waals surface area contributed by atoms with Crippen molar-refractivity contribution in [2.24, 2.45) is 7.05 Å². The second-order valence-electron chi connectivity index (χ2n) is 6.92. The van der Waals surface area contributed by atoms with Crippen molar-refractivity contribution in [2.75, 3.05) is 20.3 Å². The van der Waals surface area contributed by atoms with Crippen LogP contribution in [0.2, 0.25) is 0 Å². The Bertz CT molecular complexity index is 1020. The number of rotatable bonds is 6. The third-order valence-corrected chi connectivity index (χ3v) is 4.90. The lowest BCUT2D eigenvalue weighted by Crippen LogP contribution is -2.45. The minimum Gasteiger partial charge on any atom is -0.496 e. The number of ether oxygens (including phenoxy) is 3. The summed E-state index contributed by atoms with van der Waals surface area (Å²) in [4.78, 5) is 17.1. The first kappa shape index (κ1) is 19.6. The van der Waals surface area contributed by atoms with E-state index in [-0.39, 0.29) is 12.1 Å². The first-order valence-corrected chi connectivity index (χ1v) is 9.68. The predicted molar refractivity (Wildman–Crippen MR) is 111 cm³/mol. The number of carbonyl (C=O) groups excluding carboxylic acids is 1. The van der Waals surface area contributed by atoms with E-state index in [0.717, 1.165) is 5.56 Å². The van der Waals surface area contributed by atoms with Crippen molar-refractivity contribution in [3.8, 4) is 17.2 Å². The van der Waals surface area contributed by atoms with Gasteiger partial charge in [-0.25, -0.2) is 9.78 Å². The van der Waals surface area contributed by atoms with Crippen LogP contribution in [0, 0.1) is 0 Å². The van der Waals surface area contributed by atoms with Gasteiger partial charge in [0.05, 0.1) is 13.7 Å². The summed E-state index contributed by atoms with van der Waals surface area (Å²) in [6, 6.07) is 14.2. The van der Waals surface area contributed by atoms with Crippen molar-refractivity contribution in [2.45, 2.75) is 12.1 Å². The molecule has 2 amide bonds. The van der Waals surface area contributed by atoms with Gasteiger partial charge in [0, 0.05) is 25.0 Å². The quantitative estimate of drug-likeness (QED) is 0.655. The first-order chi connectivity index (χ1) is 14.7. The summed E-state index contributed by atoms with van der Waals surface area (Å²) in [6.07, 6.45) is 3.26. The average Bonchev–Trinajstić information content (AvgIpc) is 3.21. The molecule has 0 fully saturated rings. The number of methoxy groups -OCH3 is 1. The fraction of sp³-hybridized carbons (Fsp3) is 0.273. The summed E-state index contributed by atoms with van der Waals surface area (Å²) in [6.45, 7) is 0.673. The molecular weight excluding hydrogens is 384 g/mol. The second-order valence-corrected chi connectivity index (χ2v) is 6.92. The summed E-state index contributed by atoms with van der Waals surface area (Å²) in [5.41, 5.74) is 0.815. The summed E-state index contributed by atoms with van der Waals surface area (Å²) < 4.78 is 18.9. The molecule has 0 radical (unpaired) electrons. The van der Waals surface area contributed by atoms with Crippen LogP contribution in [0.5, 0.6) is 17.2 Å². The standard InChI is InChI=1S/C22H24N4O4/c1-26-12-11-23-21(26)20(16-7-3-4-8-17(16)28-2)25-22(27)24-13-15-14-29-18-9-5-6-10-19(18)30-15/h3-12,15,20H,13-14H2,1-2H3,(H2,24,25,27). The molecule has 0 aliphatic carbocycles. The topological polar surface area (TPSA) is 86.6 Å². The Morgan fingerprint density at radius 2 is 2.00 bits per heavy atom. The lowest BCUT2D eigenvalue weighted by Gasteiger charge is -2.27. The van der Waals surface area contributed by atoms with Crippen LogP contribution in [0.1, 0.15) is 17.4 Å². The Balaban J connectivity index is 1.44. The van der Waals surface area contributed by atoms with E-state index in [2.05, 4.69) is 15.6 Å². The molecule has 8 nitrogen and oxygen atoms in total. The van der Waals surface area contributed by atoms with Crippen molar-refractivity contribution in [1.29, 1.82) is 0 Å². The fourth-order valence-electron chi connectivity index (χ4n) is 3.39. The highest BCUT2D eigenvalue weighted by atomic mass is 16.6. The smallest absolute Gasteiger partial charge is 0.315 e. The highest BCUT2D eigenvalue weighted by Gasteiger charge is 2.25. The van der Waals surface area contributed by atoms with E-state index in [1.807, 2.05) is 66.3 Å². The van der Waals surface area contributed by atoms with Crippen LogP contribution in [0.3, 0.4) is 0 Å². The van der Waals surface area contributed by atoms with E-state index in [1.165, 1.54) is 0 Å². The summed E-state index contributed by atoms with van der Waals surface area (Å²) in [5, 5.41) is 5.87. The van der Waals surface area contributed by atoms with Gasteiger partial charge in [0.2, 0.25) is 0 Å². The molecule has 1 aliphatic rings. The van der Waals surface area contributed by atoms with Crippen LogP contribution in [-0.4, -0.2) is 41.9 Å². The molecular formula is C22H24N4O4. The van der Waals surface area contributed by atoms with Crippen LogP contribution in [-0.2, 0) is 7.05 Å². The van der Waals surface area contributed by atoms with Gasteiger partial charge in [-0.15, -0.1) is 0 Å². The van der Waals surface area contributed by atoms with Crippen LogP contribution in [0.25, 0.3) is 0 Å². The largest absolute Gasteiger partial charge is 0.496 e. The van der Waals surface area contributed by atoms with Gasteiger partial charge in [-0.2, -0.15) is 0 Å². The highest BCUT2D eigenvalue weighted by molar-refractivity contribution is 5.75. The molecule has 2 N–H and O–H groups in total. The van der Waals surface area contributed by atoms with Crippen LogP contribution in [0.4, 0.5) is 4.79 Å². The Labute approximate surface area is 174 Å². The SMILES string of the molecule is COc1ccccc1C(NC(=O)NCC1COc2ccccc2O1)c1nccn1C. The maximum atomic E-state index is 12.7. The van der Waals surface area contributed by atoms with Crippen molar-refractivity contribution in [3.05, 3.63) is 72.3 Å². The number of hydrogen-bond acceptors (Lipinski definition) is 5. The molecule has 2 atom stereocenters. The molecule has 0 bridgehead atoms. The number of para-hydroxylation sites is 3. The Morgan fingerprint density at radius 1 is 1.23 bits per heavy atom. The number of hydrogen-bond donors (Lipinski definition) is 2. The number of imidazole rings is 1. The maximum absolute atomic E-state index is 12.7. The number of urea groups is 1. The van der Waals surface area contributed by atoms with Gasteiger partial charge in [-0.3, -0.25) is 0 Å². The maximum Gasteiger partial charge on any atom is 0.315 e. The number of aromatic nitrogens is 2. The molecule has 2 unspecified atom stereocenters. The van der Waals surface area contributed by atoms with Gasteiger partial charge in [-0.1, -0.05) is 30.3 Å². The van der Waals surface area contributed by atoms with Crippen molar-refractivity contribution >= 4 is 6.03 Å². The van der Waals surface area contributed by atoms with E-state index in [4.69, 9.17) is 14.2 Å². The lowest BCUT2D eigenvalue weighted by molar-refractivity contribution is 0.0917. The van der Waals surface area contributed by atoms with Gasteiger partial charge in [0.25, 0.3) is 0 Å². The monoisotopic (exact) mass is 408 g/mol. The molecule has 3 aromatic rings. The Morgan fingerprint density at radius 3 is 2.77 bits per heavy atom. The molecule has 0 spiro atoms. The van der Waals surface area contributed by atoms with E-state index < -0.39 is 6.04 Å². The number of carbonyl (C=O) groups is 1.